The van der Waals surface area contributed by atoms with E-state index in [4.69, 9.17) is 10.5 Å². The van der Waals surface area contributed by atoms with Gasteiger partial charge in [-0.05, 0) is 19.8 Å². The van der Waals surface area contributed by atoms with E-state index in [1.165, 1.54) is 11.3 Å². The summed E-state index contributed by atoms with van der Waals surface area (Å²) in [4.78, 5) is 19.7. The average molecular weight is 349 g/mol. The molecule has 2 rings (SSSR count). The van der Waals surface area contributed by atoms with E-state index >= 15 is 0 Å². The van der Waals surface area contributed by atoms with Crippen LogP contribution >= 0.6 is 23.7 Å². The van der Waals surface area contributed by atoms with Crippen LogP contribution in [0, 0.1) is 5.92 Å². The number of nitrogen functional groups attached to an aromatic ring is 1. The van der Waals surface area contributed by atoms with Gasteiger partial charge in [0.1, 0.15) is 0 Å². The third-order valence-corrected chi connectivity index (χ3v) is 4.73. The summed E-state index contributed by atoms with van der Waals surface area (Å²) in [6.45, 7) is 4.95. The predicted octanol–water partition coefficient (Wildman–Crippen LogP) is 1.51. The number of hydrogen-bond acceptors (Lipinski definition) is 6. The van der Waals surface area contributed by atoms with Crippen LogP contribution in [-0.4, -0.2) is 48.6 Å². The topological polar surface area (TPSA) is 80.5 Å². The minimum Gasteiger partial charge on any atom is -0.383 e. The highest BCUT2D eigenvalue weighted by molar-refractivity contribution is 7.15. The molecule has 1 fully saturated rings. The fourth-order valence-electron chi connectivity index (χ4n) is 2.63. The van der Waals surface area contributed by atoms with Gasteiger partial charge in [-0.25, -0.2) is 4.98 Å². The third-order valence-electron chi connectivity index (χ3n) is 3.92. The van der Waals surface area contributed by atoms with Gasteiger partial charge in [0.2, 0.25) is 5.91 Å². The van der Waals surface area contributed by atoms with E-state index in [9.17, 15) is 4.79 Å². The highest BCUT2D eigenvalue weighted by atomic mass is 35.5. The number of hydrogen-bond donors (Lipinski definition) is 2. The minimum absolute atomic E-state index is 0. The molecule has 0 aliphatic carbocycles. The number of halogens is 1. The molecule has 2 heterocycles. The molecule has 1 amide bonds. The van der Waals surface area contributed by atoms with Crippen molar-refractivity contribution in [2.75, 3.05) is 32.5 Å². The Morgan fingerprint density at radius 1 is 1.59 bits per heavy atom. The molecule has 1 aliphatic heterocycles. The Balaban J connectivity index is 0.00000242. The van der Waals surface area contributed by atoms with Gasteiger partial charge in [-0.3, -0.25) is 9.69 Å². The number of amides is 1. The van der Waals surface area contributed by atoms with Crippen LogP contribution in [0.1, 0.15) is 24.6 Å². The van der Waals surface area contributed by atoms with Crippen molar-refractivity contribution in [1.82, 2.24) is 15.2 Å². The highest BCUT2D eigenvalue weighted by Gasteiger charge is 2.29. The van der Waals surface area contributed by atoms with Gasteiger partial charge in [0.15, 0.2) is 5.13 Å². The van der Waals surface area contributed by atoms with Crippen molar-refractivity contribution >= 4 is 34.8 Å². The standard InChI is InChI=1S/C14H24N4O2S.ClH/c1-10-3-4-11(13(19)16-5-6-20-2)8-18(10)9-12-7-17-14(15)21-12;/h7,10-11H,3-6,8-9H2,1-2H3,(H2,15,17)(H,16,19);1H. The molecule has 0 saturated carbocycles. The molecule has 0 bridgehead atoms. The Morgan fingerprint density at radius 3 is 3.00 bits per heavy atom. The molecule has 1 aliphatic rings. The molecule has 2 unspecified atom stereocenters. The lowest BCUT2D eigenvalue weighted by Crippen LogP contribution is -2.46. The normalized spacial score (nSPS) is 22.1. The maximum atomic E-state index is 12.2. The van der Waals surface area contributed by atoms with Crippen LogP contribution in [0.5, 0.6) is 0 Å². The van der Waals surface area contributed by atoms with Crippen LogP contribution in [0.25, 0.3) is 0 Å². The first kappa shape index (κ1) is 19.2. The molecule has 0 radical (unpaired) electrons. The first-order chi connectivity index (χ1) is 10.1. The van der Waals surface area contributed by atoms with Crippen LogP contribution in [0.15, 0.2) is 6.20 Å². The van der Waals surface area contributed by atoms with Crippen molar-refractivity contribution in [2.24, 2.45) is 5.92 Å². The van der Waals surface area contributed by atoms with E-state index in [2.05, 4.69) is 22.1 Å². The number of thiazole rings is 1. The number of nitrogens with zero attached hydrogens (tertiary/aromatic N) is 2. The summed E-state index contributed by atoms with van der Waals surface area (Å²) in [7, 11) is 1.64. The lowest BCUT2D eigenvalue weighted by atomic mass is 9.92. The van der Waals surface area contributed by atoms with Gasteiger partial charge in [-0.2, -0.15) is 0 Å². The van der Waals surface area contributed by atoms with E-state index < -0.39 is 0 Å². The zero-order valence-electron chi connectivity index (χ0n) is 13.1. The van der Waals surface area contributed by atoms with E-state index in [-0.39, 0.29) is 24.2 Å². The molecule has 1 saturated heterocycles. The SMILES string of the molecule is COCCNC(=O)C1CCC(C)N(Cc2cnc(N)s2)C1.Cl. The number of methoxy groups -OCH3 is 1. The summed E-state index contributed by atoms with van der Waals surface area (Å²) in [6, 6.07) is 0.483. The molecule has 6 nitrogen and oxygen atoms in total. The molecule has 126 valence electrons. The van der Waals surface area contributed by atoms with Gasteiger partial charge in [0, 0.05) is 43.9 Å². The van der Waals surface area contributed by atoms with Crippen LogP contribution in [-0.2, 0) is 16.1 Å². The monoisotopic (exact) mass is 348 g/mol. The number of carbonyl (C=O) groups excluding carboxylic acids is 1. The van der Waals surface area contributed by atoms with Crippen LogP contribution in [0.3, 0.4) is 0 Å². The molecular formula is C14H25ClN4O2S. The van der Waals surface area contributed by atoms with Gasteiger partial charge in [0.05, 0.1) is 12.5 Å². The Kier molecular flexibility index (Phi) is 8.09. The smallest absolute Gasteiger partial charge is 0.224 e. The average Bonchev–Trinajstić information content (AvgIpc) is 2.87. The maximum absolute atomic E-state index is 12.2. The zero-order chi connectivity index (χ0) is 15.2. The summed E-state index contributed by atoms with van der Waals surface area (Å²) < 4.78 is 4.96. The summed E-state index contributed by atoms with van der Waals surface area (Å²) in [5.74, 6) is 0.191. The number of nitrogens with two attached hydrogens (primary N) is 1. The summed E-state index contributed by atoms with van der Waals surface area (Å²) in [5, 5.41) is 3.54. The van der Waals surface area contributed by atoms with Gasteiger partial charge in [0.25, 0.3) is 0 Å². The first-order valence-corrected chi connectivity index (χ1v) is 8.12. The molecule has 2 atom stereocenters. The Labute approximate surface area is 141 Å². The van der Waals surface area contributed by atoms with Gasteiger partial charge >= 0.3 is 0 Å². The molecule has 0 spiro atoms. The number of likely N-dealkylation sites (tertiary alicyclic amines) is 1. The fraction of sp³-hybridized carbons (Fsp3) is 0.714. The van der Waals surface area contributed by atoms with Crippen molar-refractivity contribution in [2.45, 2.75) is 32.4 Å². The fourth-order valence-corrected chi connectivity index (χ4v) is 3.34. The molecule has 1 aromatic heterocycles. The summed E-state index contributed by atoms with van der Waals surface area (Å²) in [5.41, 5.74) is 5.67. The van der Waals surface area contributed by atoms with Crippen molar-refractivity contribution < 1.29 is 9.53 Å². The summed E-state index contributed by atoms with van der Waals surface area (Å²) >= 11 is 1.52. The maximum Gasteiger partial charge on any atom is 0.224 e. The van der Waals surface area contributed by atoms with Crippen LogP contribution in [0.4, 0.5) is 5.13 Å². The number of aromatic nitrogens is 1. The molecule has 1 aromatic rings. The lowest BCUT2D eigenvalue weighted by Gasteiger charge is -2.37. The number of ether oxygens (including phenoxy) is 1. The van der Waals surface area contributed by atoms with Crippen LogP contribution in [0.2, 0.25) is 0 Å². The Bertz CT molecular complexity index is 471. The van der Waals surface area contributed by atoms with E-state index in [1.807, 2.05) is 6.20 Å². The minimum atomic E-state index is 0. The molecule has 8 heteroatoms. The number of piperidine rings is 1. The molecule has 0 aromatic carbocycles. The Hall–Kier alpha value is -0.890. The third kappa shape index (κ3) is 5.39. The molecule has 22 heavy (non-hydrogen) atoms. The second kappa shape index (κ2) is 9.29. The van der Waals surface area contributed by atoms with Gasteiger partial charge in [-0.1, -0.05) is 0 Å². The zero-order valence-corrected chi connectivity index (χ0v) is 14.7. The number of carbonyl (C=O) groups is 1. The second-order valence-corrected chi connectivity index (χ2v) is 6.65. The predicted molar refractivity (Wildman–Crippen MR) is 91.3 cm³/mol. The highest BCUT2D eigenvalue weighted by Crippen LogP contribution is 2.25. The molecular weight excluding hydrogens is 324 g/mol. The lowest BCUT2D eigenvalue weighted by molar-refractivity contribution is -0.127. The first-order valence-electron chi connectivity index (χ1n) is 7.31. The number of nitrogens with one attached hydrogen (secondary N) is 1. The summed E-state index contributed by atoms with van der Waals surface area (Å²) in [6.07, 6.45) is 3.81. The number of rotatable bonds is 6. The van der Waals surface area contributed by atoms with E-state index in [1.54, 1.807) is 7.11 Å². The van der Waals surface area contributed by atoms with Gasteiger partial charge in [-0.15, -0.1) is 23.7 Å². The van der Waals surface area contributed by atoms with E-state index in [0.717, 1.165) is 30.8 Å². The number of anilines is 1. The largest absolute Gasteiger partial charge is 0.383 e. The quantitative estimate of drug-likeness (QED) is 0.762. The van der Waals surface area contributed by atoms with Crippen LogP contribution < -0.4 is 11.1 Å². The van der Waals surface area contributed by atoms with Crippen molar-refractivity contribution in [1.29, 1.82) is 0 Å². The molecule has 3 N–H and O–H groups in total. The van der Waals surface area contributed by atoms with Gasteiger partial charge < -0.3 is 15.8 Å². The second-order valence-electron chi connectivity index (χ2n) is 5.50. The van der Waals surface area contributed by atoms with Crippen molar-refractivity contribution in [3.05, 3.63) is 11.1 Å². The van der Waals surface area contributed by atoms with Crippen molar-refractivity contribution in [3.63, 3.8) is 0 Å². The van der Waals surface area contributed by atoms with Crippen molar-refractivity contribution in [3.8, 4) is 0 Å². The Morgan fingerprint density at radius 2 is 2.36 bits per heavy atom. The van der Waals surface area contributed by atoms with E-state index in [0.29, 0.717) is 24.3 Å².